The van der Waals surface area contributed by atoms with Crippen molar-refractivity contribution in [3.05, 3.63) is 40.7 Å². The molecule has 0 aliphatic heterocycles. The third kappa shape index (κ3) is 4.29. The highest BCUT2D eigenvalue weighted by Gasteiger charge is 2.30. The summed E-state index contributed by atoms with van der Waals surface area (Å²) in [5.74, 6) is -2.01. The Morgan fingerprint density at radius 1 is 1.38 bits per heavy atom. The van der Waals surface area contributed by atoms with Crippen LogP contribution in [0, 0.1) is 11.7 Å². The van der Waals surface area contributed by atoms with Gasteiger partial charge < -0.3 is 10.4 Å². The number of rotatable bonds is 4. The number of nitrogens with one attached hydrogen (secondary N) is 1. The fraction of sp³-hybridized carbons (Fsp3) is 0.333. The van der Waals surface area contributed by atoms with E-state index in [-0.39, 0.29) is 22.9 Å². The standard InChI is InChI=1S/C15H15ClFNO3/c16-12-7-9(1-5-13(12)17)2-6-14(19)18-11-4-3-10(8-11)15(20)21/h1-2,5-7,10-11H,3-4,8H2,(H,18,19)(H,20,21)/b6-2+/t10-,11+/m1/s1. The van der Waals surface area contributed by atoms with Gasteiger partial charge in [0.2, 0.25) is 5.91 Å². The maximum absolute atomic E-state index is 13.0. The molecule has 1 aromatic rings. The molecule has 2 N–H and O–H groups in total. The van der Waals surface area contributed by atoms with E-state index < -0.39 is 11.8 Å². The molecular weight excluding hydrogens is 297 g/mol. The molecular formula is C15H15ClFNO3. The monoisotopic (exact) mass is 311 g/mol. The number of carboxylic acids is 1. The third-order valence-corrected chi connectivity index (χ3v) is 3.79. The van der Waals surface area contributed by atoms with E-state index in [4.69, 9.17) is 16.7 Å². The lowest BCUT2D eigenvalue weighted by Gasteiger charge is -2.10. The number of aliphatic carboxylic acids is 1. The number of carbonyl (C=O) groups excluding carboxylic acids is 1. The summed E-state index contributed by atoms with van der Waals surface area (Å²) in [6.45, 7) is 0. The second kappa shape index (κ2) is 6.72. The van der Waals surface area contributed by atoms with Crippen molar-refractivity contribution in [3.63, 3.8) is 0 Å². The molecule has 0 spiro atoms. The predicted molar refractivity (Wildman–Crippen MR) is 77.4 cm³/mol. The van der Waals surface area contributed by atoms with Crippen molar-refractivity contribution in [2.45, 2.75) is 25.3 Å². The zero-order chi connectivity index (χ0) is 15.4. The van der Waals surface area contributed by atoms with E-state index in [0.717, 1.165) is 0 Å². The average Bonchev–Trinajstić information content (AvgIpc) is 2.89. The molecule has 1 aromatic carbocycles. The van der Waals surface area contributed by atoms with E-state index >= 15 is 0 Å². The van der Waals surface area contributed by atoms with Gasteiger partial charge >= 0.3 is 5.97 Å². The molecule has 4 nitrogen and oxygen atoms in total. The first-order chi connectivity index (χ1) is 9.95. The Kier molecular flexibility index (Phi) is 4.96. The van der Waals surface area contributed by atoms with Gasteiger partial charge in [-0.3, -0.25) is 9.59 Å². The minimum atomic E-state index is -0.816. The van der Waals surface area contributed by atoms with E-state index in [9.17, 15) is 14.0 Å². The molecule has 2 atom stereocenters. The van der Waals surface area contributed by atoms with Gasteiger partial charge in [-0.1, -0.05) is 17.7 Å². The predicted octanol–water partition coefficient (Wildman–Crippen LogP) is 2.86. The summed E-state index contributed by atoms with van der Waals surface area (Å²) in [6.07, 6.45) is 4.57. The van der Waals surface area contributed by atoms with Crippen LogP contribution in [0.25, 0.3) is 6.08 Å². The van der Waals surface area contributed by atoms with Crippen LogP contribution in [0.3, 0.4) is 0 Å². The molecule has 0 heterocycles. The number of hydrogen-bond acceptors (Lipinski definition) is 2. The molecule has 1 saturated carbocycles. The van der Waals surface area contributed by atoms with Gasteiger partial charge in [0.1, 0.15) is 5.82 Å². The fourth-order valence-corrected chi connectivity index (χ4v) is 2.56. The summed E-state index contributed by atoms with van der Waals surface area (Å²) in [5.41, 5.74) is 0.617. The number of carboxylic acid groups (broad SMARTS) is 1. The molecule has 0 unspecified atom stereocenters. The van der Waals surface area contributed by atoms with Gasteiger partial charge in [0, 0.05) is 12.1 Å². The van der Waals surface area contributed by atoms with Gasteiger partial charge in [-0.2, -0.15) is 0 Å². The molecule has 0 bridgehead atoms. The topological polar surface area (TPSA) is 66.4 Å². The lowest BCUT2D eigenvalue weighted by atomic mass is 10.1. The van der Waals surface area contributed by atoms with Crippen molar-refractivity contribution in [2.24, 2.45) is 5.92 Å². The van der Waals surface area contributed by atoms with Crippen LogP contribution in [0.2, 0.25) is 5.02 Å². The third-order valence-electron chi connectivity index (χ3n) is 3.50. The van der Waals surface area contributed by atoms with Gasteiger partial charge in [-0.05, 0) is 43.0 Å². The Bertz CT molecular complexity index is 588. The number of hydrogen-bond donors (Lipinski definition) is 2. The first-order valence-electron chi connectivity index (χ1n) is 6.62. The normalized spacial score (nSPS) is 21.6. The smallest absolute Gasteiger partial charge is 0.306 e. The Morgan fingerprint density at radius 3 is 2.76 bits per heavy atom. The lowest BCUT2D eigenvalue weighted by molar-refractivity contribution is -0.141. The molecule has 1 aliphatic rings. The van der Waals surface area contributed by atoms with Crippen LogP contribution in [0.5, 0.6) is 0 Å². The number of amides is 1. The molecule has 0 saturated heterocycles. The van der Waals surface area contributed by atoms with Gasteiger partial charge in [-0.15, -0.1) is 0 Å². The largest absolute Gasteiger partial charge is 0.481 e. The molecule has 0 aromatic heterocycles. The van der Waals surface area contributed by atoms with Crippen LogP contribution < -0.4 is 5.32 Å². The molecule has 1 aliphatic carbocycles. The van der Waals surface area contributed by atoms with Crippen LogP contribution in [0.1, 0.15) is 24.8 Å². The second-order valence-corrected chi connectivity index (χ2v) is 5.47. The van der Waals surface area contributed by atoms with Gasteiger partial charge in [0.05, 0.1) is 10.9 Å². The maximum Gasteiger partial charge on any atom is 0.306 e. The quantitative estimate of drug-likeness (QED) is 0.840. The zero-order valence-electron chi connectivity index (χ0n) is 11.2. The zero-order valence-corrected chi connectivity index (χ0v) is 11.9. The highest BCUT2D eigenvalue weighted by molar-refractivity contribution is 6.30. The minimum Gasteiger partial charge on any atom is -0.481 e. The van der Waals surface area contributed by atoms with Gasteiger partial charge in [0.25, 0.3) is 0 Å². The summed E-state index contributed by atoms with van der Waals surface area (Å²) in [7, 11) is 0. The highest BCUT2D eigenvalue weighted by Crippen LogP contribution is 2.25. The summed E-state index contributed by atoms with van der Waals surface area (Å²) >= 11 is 5.65. The first-order valence-corrected chi connectivity index (χ1v) is 7.00. The lowest BCUT2D eigenvalue weighted by Crippen LogP contribution is -2.31. The van der Waals surface area contributed by atoms with Crippen LogP contribution >= 0.6 is 11.6 Å². The SMILES string of the molecule is O=C(/C=C/c1ccc(F)c(Cl)c1)N[C@H]1CC[C@@H](C(=O)O)C1. The molecule has 1 amide bonds. The van der Waals surface area contributed by atoms with Crippen LogP contribution in [0.15, 0.2) is 24.3 Å². The van der Waals surface area contributed by atoms with Gasteiger partial charge in [0.15, 0.2) is 0 Å². The van der Waals surface area contributed by atoms with Gasteiger partial charge in [-0.25, -0.2) is 4.39 Å². The van der Waals surface area contributed by atoms with E-state index in [1.807, 2.05) is 0 Å². The summed E-state index contributed by atoms with van der Waals surface area (Å²) in [5, 5.41) is 11.7. The Labute approximate surface area is 126 Å². The number of halogens is 2. The van der Waals surface area contributed by atoms with Crippen LogP contribution in [0.4, 0.5) is 4.39 Å². The van der Waals surface area contributed by atoms with E-state index in [1.165, 1.54) is 30.4 Å². The van der Waals surface area contributed by atoms with Crippen molar-refractivity contribution in [1.29, 1.82) is 0 Å². The first kappa shape index (κ1) is 15.5. The highest BCUT2D eigenvalue weighted by atomic mass is 35.5. The van der Waals surface area contributed by atoms with Crippen molar-refractivity contribution in [1.82, 2.24) is 5.32 Å². The van der Waals surface area contributed by atoms with Crippen molar-refractivity contribution >= 4 is 29.6 Å². The molecule has 2 rings (SSSR count). The number of benzene rings is 1. The summed E-state index contributed by atoms with van der Waals surface area (Å²) in [4.78, 5) is 22.6. The molecule has 0 radical (unpaired) electrons. The van der Waals surface area contributed by atoms with Crippen LogP contribution in [-0.2, 0) is 9.59 Å². The summed E-state index contributed by atoms with van der Waals surface area (Å²) in [6, 6.07) is 4.06. The van der Waals surface area contributed by atoms with Crippen molar-refractivity contribution < 1.29 is 19.1 Å². The average molecular weight is 312 g/mol. The Hall–Kier alpha value is -1.88. The minimum absolute atomic E-state index is 0.00217. The van der Waals surface area contributed by atoms with E-state index in [0.29, 0.717) is 24.8 Å². The van der Waals surface area contributed by atoms with E-state index in [1.54, 1.807) is 0 Å². The van der Waals surface area contributed by atoms with Crippen LogP contribution in [-0.4, -0.2) is 23.0 Å². The Morgan fingerprint density at radius 2 is 2.14 bits per heavy atom. The second-order valence-electron chi connectivity index (χ2n) is 5.06. The maximum atomic E-state index is 13.0. The summed E-state index contributed by atoms with van der Waals surface area (Å²) < 4.78 is 13.0. The molecule has 1 fully saturated rings. The fourth-order valence-electron chi connectivity index (χ4n) is 2.37. The van der Waals surface area contributed by atoms with Crippen molar-refractivity contribution in [3.8, 4) is 0 Å². The molecule has 6 heteroatoms. The Balaban J connectivity index is 1.88. The van der Waals surface area contributed by atoms with E-state index in [2.05, 4.69) is 5.32 Å². The number of carbonyl (C=O) groups is 2. The molecule has 21 heavy (non-hydrogen) atoms. The molecule has 112 valence electrons. The van der Waals surface area contributed by atoms with Crippen molar-refractivity contribution in [2.75, 3.05) is 0 Å².